The molecule has 0 aliphatic carbocycles. The Balaban J connectivity index is 2.10. The van der Waals surface area contributed by atoms with E-state index in [1.807, 2.05) is 14.1 Å². The Morgan fingerprint density at radius 2 is 2.38 bits per heavy atom. The van der Waals surface area contributed by atoms with Crippen molar-refractivity contribution in [2.45, 2.75) is 18.9 Å². The van der Waals surface area contributed by atoms with E-state index in [0.29, 0.717) is 0 Å². The quantitative estimate of drug-likeness (QED) is 0.615. The van der Waals surface area contributed by atoms with Crippen LogP contribution in [0.25, 0.3) is 0 Å². The van der Waals surface area contributed by atoms with Crippen molar-refractivity contribution in [1.82, 2.24) is 15.5 Å². The summed E-state index contributed by atoms with van der Waals surface area (Å²) in [6, 6.07) is 0.0576. The molecule has 1 saturated heterocycles. The zero-order valence-electron chi connectivity index (χ0n) is 8.47. The van der Waals surface area contributed by atoms with Gasteiger partial charge in [-0.1, -0.05) is 0 Å². The topological polar surface area (TPSA) is 44.4 Å². The number of amides is 1. The second-order valence-electron chi connectivity index (χ2n) is 3.74. The van der Waals surface area contributed by atoms with Crippen LogP contribution in [0, 0.1) is 0 Å². The third-order valence-corrected chi connectivity index (χ3v) is 2.24. The van der Waals surface area contributed by atoms with Gasteiger partial charge in [0.05, 0.1) is 6.04 Å². The Kier molecular flexibility index (Phi) is 4.18. The summed E-state index contributed by atoms with van der Waals surface area (Å²) in [5.74, 6) is 0.152. The molecule has 76 valence electrons. The molecular formula is C9H19N3O. The standard InChI is InChI=1S/C9H19N3O/c1-12(2)7-6-11-9(13)8-4-3-5-10-8/h8,10H,3-7H2,1-2H3,(H,11,13)/t8-/m1/s1. The molecule has 1 aliphatic heterocycles. The van der Waals surface area contributed by atoms with E-state index in [4.69, 9.17) is 0 Å². The highest BCUT2D eigenvalue weighted by Crippen LogP contribution is 2.03. The maximum Gasteiger partial charge on any atom is 0.237 e. The minimum absolute atomic E-state index is 0.0576. The first-order chi connectivity index (χ1) is 6.20. The predicted molar refractivity (Wildman–Crippen MR) is 52.6 cm³/mol. The third-order valence-electron chi connectivity index (χ3n) is 2.24. The second-order valence-corrected chi connectivity index (χ2v) is 3.74. The number of likely N-dealkylation sites (N-methyl/N-ethyl adjacent to an activating group) is 1. The average Bonchev–Trinajstić information content (AvgIpc) is 2.55. The van der Waals surface area contributed by atoms with Crippen molar-refractivity contribution in [2.75, 3.05) is 33.7 Å². The minimum atomic E-state index is 0.0576. The van der Waals surface area contributed by atoms with Gasteiger partial charge in [0.25, 0.3) is 0 Å². The van der Waals surface area contributed by atoms with Crippen LogP contribution in [0.1, 0.15) is 12.8 Å². The second kappa shape index (κ2) is 5.19. The lowest BCUT2D eigenvalue weighted by Gasteiger charge is -2.13. The van der Waals surface area contributed by atoms with Gasteiger partial charge in [-0.25, -0.2) is 0 Å². The van der Waals surface area contributed by atoms with Crippen molar-refractivity contribution in [2.24, 2.45) is 0 Å². The SMILES string of the molecule is CN(C)CCNC(=O)[C@H]1CCCN1. The van der Waals surface area contributed by atoms with Crippen LogP contribution in [0.3, 0.4) is 0 Å². The third kappa shape index (κ3) is 3.74. The first-order valence-corrected chi connectivity index (χ1v) is 4.86. The molecule has 1 atom stereocenters. The minimum Gasteiger partial charge on any atom is -0.353 e. The molecule has 1 aliphatic rings. The molecule has 0 bridgehead atoms. The van der Waals surface area contributed by atoms with E-state index in [1.165, 1.54) is 0 Å². The number of hydrogen-bond donors (Lipinski definition) is 2. The lowest BCUT2D eigenvalue weighted by atomic mass is 10.2. The summed E-state index contributed by atoms with van der Waals surface area (Å²) in [6.07, 6.45) is 2.10. The highest BCUT2D eigenvalue weighted by molar-refractivity contribution is 5.81. The molecule has 2 N–H and O–H groups in total. The van der Waals surface area contributed by atoms with E-state index in [2.05, 4.69) is 15.5 Å². The monoisotopic (exact) mass is 185 g/mol. The van der Waals surface area contributed by atoms with Crippen LogP contribution < -0.4 is 10.6 Å². The van der Waals surface area contributed by atoms with Gasteiger partial charge in [-0.15, -0.1) is 0 Å². The van der Waals surface area contributed by atoms with Crippen LogP contribution in [-0.2, 0) is 4.79 Å². The van der Waals surface area contributed by atoms with E-state index in [9.17, 15) is 4.79 Å². The largest absolute Gasteiger partial charge is 0.353 e. The molecule has 0 aromatic heterocycles. The van der Waals surface area contributed by atoms with Crippen LogP contribution in [0.15, 0.2) is 0 Å². The van der Waals surface area contributed by atoms with Gasteiger partial charge >= 0.3 is 0 Å². The Labute approximate surface area is 79.7 Å². The maximum absolute atomic E-state index is 11.4. The molecule has 0 saturated carbocycles. The summed E-state index contributed by atoms with van der Waals surface area (Å²) in [7, 11) is 4.00. The van der Waals surface area contributed by atoms with Crippen LogP contribution in [0.2, 0.25) is 0 Å². The Hall–Kier alpha value is -0.610. The molecule has 1 rings (SSSR count). The van der Waals surface area contributed by atoms with Gasteiger partial charge in [-0.3, -0.25) is 4.79 Å². The number of carbonyl (C=O) groups excluding carboxylic acids is 1. The Bertz CT molecular complexity index is 164. The molecule has 0 spiro atoms. The molecular weight excluding hydrogens is 166 g/mol. The van der Waals surface area contributed by atoms with Crippen molar-refractivity contribution < 1.29 is 4.79 Å². The summed E-state index contributed by atoms with van der Waals surface area (Å²) in [5, 5.41) is 6.08. The smallest absolute Gasteiger partial charge is 0.237 e. The molecule has 0 radical (unpaired) electrons. The molecule has 13 heavy (non-hydrogen) atoms. The number of hydrogen-bond acceptors (Lipinski definition) is 3. The highest BCUT2D eigenvalue weighted by Gasteiger charge is 2.20. The van der Waals surface area contributed by atoms with E-state index in [-0.39, 0.29) is 11.9 Å². The Morgan fingerprint density at radius 3 is 2.92 bits per heavy atom. The number of carbonyl (C=O) groups is 1. The normalized spacial score (nSPS) is 22.2. The van der Waals surface area contributed by atoms with Crippen LogP contribution in [-0.4, -0.2) is 50.6 Å². The Morgan fingerprint density at radius 1 is 1.62 bits per heavy atom. The molecule has 0 aromatic rings. The van der Waals surface area contributed by atoms with E-state index in [0.717, 1.165) is 32.5 Å². The first kappa shape index (κ1) is 10.5. The summed E-state index contributed by atoms with van der Waals surface area (Å²) >= 11 is 0. The van der Waals surface area contributed by atoms with Gasteiger partial charge in [0, 0.05) is 13.1 Å². The molecule has 4 nitrogen and oxygen atoms in total. The van der Waals surface area contributed by atoms with Crippen LogP contribution in [0.4, 0.5) is 0 Å². The van der Waals surface area contributed by atoms with E-state index >= 15 is 0 Å². The van der Waals surface area contributed by atoms with Crippen molar-refractivity contribution in [1.29, 1.82) is 0 Å². The summed E-state index contributed by atoms with van der Waals surface area (Å²) in [6.45, 7) is 2.62. The van der Waals surface area contributed by atoms with Gasteiger partial charge in [-0.05, 0) is 33.5 Å². The van der Waals surface area contributed by atoms with Gasteiger partial charge in [0.2, 0.25) is 5.91 Å². The maximum atomic E-state index is 11.4. The van der Waals surface area contributed by atoms with Crippen LogP contribution in [0.5, 0.6) is 0 Å². The van der Waals surface area contributed by atoms with Crippen molar-refractivity contribution in [3.63, 3.8) is 0 Å². The lowest BCUT2D eigenvalue weighted by molar-refractivity contribution is -0.122. The van der Waals surface area contributed by atoms with E-state index in [1.54, 1.807) is 0 Å². The van der Waals surface area contributed by atoms with Gasteiger partial charge in [0.1, 0.15) is 0 Å². The molecule has 4 heteroatoms. The number of nitrogens with zero attached hydrogens (tertiary/aromatic N) is 1. The molecule has 1 amide bonds. The summed E-state index contributed by atoms with van der Waals surface area (Å²) in [5.41, 5.74) is 0. The summed E-state index contributed by atoms with van der Waals surface area (Å²) in [4.78, 5) is 13.5. The van der Waals surface area contributed by atoms with Gasteiger partial charge in [-0.2, -0.15) is 0 Å². The fourth-order valence-electron chi connectivity index (χ4n) is 1.43. The zero-order valence-corrected chi connectivity index (χ0v) is 8.47. The molecule has 0 aromatic carbocycles. The molecule has 1 fully saturated rings. The van der Waals surface area contributed by atoms with Crippen molar-refractivity contribution in [3.05, 3.63) is 0 Å². The zero-order chi connectivity index (χ0) is 9.68. The first-order valence-electron chi connectivity index (χ1n) is 4.86. The van der Waals surface area contributed by atoms with Crippen LogP contribution >= 0.6 is 0 Å². The fourth-order valence-corrected chi connectivity index (χ4v) is 1.43. The van der Waals surface area contributed by atoms with Crippen molar-refractivity contribution >= 4 is 5.91 Å². The predicted octanol–water partition coefficient (Wildman–Crippen LogP) is -0.584. The van der Waals surface area contributed by atoms with Gasteiger partial charge in [0.15, 0.2) is 0 Å². The fraction of sp³-hybridized carbons (Fsp3) is 0.889. The lowest BCUT2D eigenvalue weighted by Crippen LogP contribution is -2.42. The number of nitrogens with one attached hydrogen (secondary N) is 2. The number of rotatable bonds is 4. The highest BCUT2D eigenvalue weighted by atomic mass is 16.2. The molecule has 1 heterocycles. The van der Waals surface area contributed by atoms with E-state index < -0.39 is 0 Å². The average molecular weight is 185 g/mol. The van der Waals surface area contributed by atoms with Gasteiger partial charge < -0.3 is 15.5 Å². The summed E-state index contributed by atoms with van der Waals surface area (Å²) < 4.78 is 0. The van der Waals surface area contributed by atoms with Crippen molar-refractivity contribution in [3.8, 4) is 0 Å². The molecule has 0 unspecified atom stereocenters.